The number of aldehydes is 6. The molecule has 8 aromatic heterocycles. The molecule has 5 aromatic carbocycles. The largest absolute Gasteiger partial charge is 0.446 e. The first-order chi connectivity index (χ1) is 47.8. The number of benzene rings is 5. The van der Waals surface area contributed by atoms with E-state index in [4.69, 9.17) is 14.9 Å². The summed E-state index contributed by atoms with van der Waals surface area (Å²) in [5.41, 5.74) is 19.0. The van der Waals surface area contributed by atoms with E-state index < -0.39 is 11.7 Å². The Morgan fingerprint density at radius 3 is 1.63 bits per heavy atom. The standard InChI is InChI=1S/C15H10NO.C14H9F3NO.2C14H9N2O.C11H8NO2.C11H8NOS/c17-9-12-4-3-11-8-16-7-1-2-10-5-6-13(12)14(11)15(10)16;15-14(16,17)11-3-4-18-7-10-2-1-9(8-19)5-12(10)13(18)6-11;15-6-11-2-4-14-13-5-10(9-17)1-3-12(13)8-16(14)7-11;15-7-10-3-4-16-8-12-2-1-11(9-17)5-13(12)14(16)6-10;2*13-7-9-5-8-6-12-4-2-1-3-10(12)11(8)14-9/h1-7,9H,8H2;1-6,8H,7H2;1-5,7,9H,8H2;1-6,9H,8H2;2*1-5,7H,6H2/q6*+1. The number of carbonyl (C=O) groups excluding carboxylic acids is 6. The molecule has 0 aliphatic carbocycles. The average molecular weight is 1320 g/mol. The fourth-order valence-electron chi connectivity index (χ4n) is 13.3. The van der Waals surface area contributed by atoms with Crippen molar-refractivity contribution in [2.24, 2.45) is 0 Å². The van der Waals surface area contributed by atoms with Crippen molar-refractivity contribution in [3.05, 3.63) is 296 Å². The quantitative estimate of drug-likeness (QED) is 0.0887. The number of thiophene rings is 1. The van der Waals surface area contributed by atoms with Gasteiger partial charge < -0.3 is 4.42 Å². The third-order valence-corrected chi connectivity index (χ3v) is 19.0. The van der Waals surface area contributed by atoms with Crippen LogP contribution < -0.4 is 27.4 Å². The summed E-state index contributed by atoms with van der Waals surface area (Å²) in [5, 5.41) is 21.3. The number of aromatic nitrogens is 6. The maximum absolute atomic E-state index is 12.7. The first-order valence-corrected chi connectivity index (χ1v) is 31.8. The topological polar surface area (TPSA) is 186 Å². The van der Waals surface area contributed by atoms with Crippen LogP contribution in [0.4, 0.5) is 13.2 Å². The fourth-order valence-corrected chi connectivity index (χ4v) is 14.3. The van der Waals surface area contributed by atoms with Crippen molar-refractivity contribution in [1.29, 1.82) is 10.5 Å². The highest BCUT2D eigenvalue weighted by Crippen LogP contribution is 2.37. The molecule has 0 spiro atoms. The minimum absolute atomic E-state index is 0.408. The van der Waals surface area contributed by atoms with Crippen molar-refractivity contribution >= 4 is 70.7 Å². The van der Waals surface area contributed by atoms with Crippen molar-refractivity contribution in [2.45, 2.75) is 45.4 Å². The van der Waals surface area contributed by atoms with E-state index in [9.17, 15) is 41.9 Å². The molecule has 0 unspecified atom stereocenters. The summed E-state index contributed by atoms with van der Waals surface area (Å²) in [6.07, 6.45) is 12.0. The van der Waals surface area contributed by atoms with Gasteiger partial charge in [0.15, 0.2) is 101 Å². The summed E-state index contributed by atoms with van der Waals surface area (Å²) in [5.74, 6) is 1.23. The van der Waals surface area contributed by atoms with Gasteiger partial charge in [-0.25, -0.2) is 0 Å². The molecule has 0 saturated carbocycles. The fraction of sp³-hybridized carbons (Fsp3) is 0.0886. The van der Waals surface area contributed by atoms with Gasteiger partial charge in [0.05, 0.1) is 49.7 Å². The number of carbonyl (C=O) groups is 6. The highest BCUT2D eigenvalue weighted by atomic mass is 32.1. The van der Waals surface area contributed by atoms with Gasteiger partial charge in [0.25, 0.3) is 0 Å². The Morgan fingerprint density at radius 1 is 0.429 bits per heavy atom. The zero-order valence-electron chi connectivity index (χ0n) is 51.9. The zero-order chi connectivity index (χ0) is 67.8. The normalized spacial score (nSPS) is 12.2. The number of fused-ring (bicyclic) bond motifs is 15. The second-order valence-corrected chi connectivity index (χ2v) is 24.9. The minimum Gasteiger partial charge on any atom is -0.446 e. The van der Waals surface area contributed by atoms with Crippen LogP contribution in [0.25, 0.3) is 77.5 Å². The van der Waals surface area contributed by atoms with E-state index >= 15 is 0 Å². The van der Waals surface area contributed by atoms with Gasteiger partial charge >= 0.3 is 6.18 Å². The highest BCUT2D eigenvalue weighted by Gasteiger charge is 2.37. The number of nitriles is 2. The molecule has 0 N–H and O–H groups in total. The van der Waals surface area contributed by atoms with Gasteiger partial charge in [-0.05, 0) is 66.0 Å². The summed E-state index contributed by atoms with van der Waals surface area (Å²) in [4.78, 5) is 66.6. The highest BCUT2D eigenvalue weighted by molar-refractivity contribution is 7.17. The van der Waals surface area contributed by atoms with E-state index in [2.05, 4.69) is 79.2 Å². The summed E-state index contributed by atoms with van der Waals surface area (Å²) >= 11 is 1.58. The maximum Gasteiger partial charge on any atom is 0.416 e. The summed E-state index contributed by atoms with van der Waals surface area (Å²) in [6, 6.07) is 58.5. The molecule has 0 amide bonds. The monoisotopic (exact) mass is 1310 g/mol. The Kier molecular flexibility index (Phi) is 16.8. The molecule has 472 valence electrons. The Balaban J connectivity index is 0.000000101. The second kappa shape index (κ2) is 26.2. The number of rotatable bonds is 6. The lowest BCUT2D eigenvalue weighted by Gasteiger charge is -2.05. The minimum atomic E-state index is -4.36. The molecule has 6 aliphatic rings. The van der Waals surface area contributed by atoms with Gasteiger partial charge in [-0.1, -0.05) is 54.6 Å². The van der Waals surface area contributed by atoms with E-state index in [-0.39, 0.29) is 0 Å². The van der Waals surface area contributed by atoms with Gasteiger partial charge in [0.1, 0.15) is 35.4 Å². The SMILES string of the molecule is N#Cc1cc[n+]2c(c1)-c1cc(C=O)ccc1C2.N#Cc1ccc2[n+](c1)Cc1ccc(C=O)cc1-2.O=Cc1cc2c(o1)-c1cccc[n+]1C2.O=Cc1cc2c(s1)-c1cccc[n+]1C2.O=Cc1ccc2c(c1)-c1cc(C(F)(F)F)cc[n+]1C2.O=Cc1ccc2c3c1ccc1ccc[n+](c13)C2. The first kappa shape index (κ1) is 62.7. The van der Waals surface area contributed by atoms with Crippen molar-refractivity contribution < 1.29 is 73.8 Å². The first-order valence-electron chi connectivity index (χ1n) is 31.0. The van der Waals surface area contributed by atoms with Gasteiger partial charge in [0.2, 0.25) is 39.7 Å². The van der Waals surface area contributed by atoms with E-state index in [1.54, 1.807) is 52.3 Å². The molecule has 6 aliphatic heterocycles. The maximum atomic E-state index is 12.7. The van der Waals surface area contributed by atoms with Crippen LogP contribution in [-0.4, -0.2) is 37.7 Å². The van der Waals surface area contributed by atoms with Crippen molar-refractivity contribution in [1.82, 2.24) is 0 Å². The van der Waals surface area contributed by atoms with Crippen molar-refractivity contribution in [3.63, 3.8) is 0 Å². The molecule has 0 bridgehead atoms. The lowest BCUT2D eigenvalue weighted by Crippen LogP contribution is -2.32. The van der Waals surface area contributed by atoms with E-state index in [0.717, 1.165) is 137 Å². The van der Waals surface area contributed by atoms with Crippen molar-refractivity contribution in [3.8, 4) is 67.9 Å². The van der Waals surface area contributed by atoms with Crippen LogP contribution in [-0.2, 0) is 45.4 Å². The average Bonchev–Trinajstić information content (AvgIpc) is 1.56. The van der Waals surface area contributed by atoms with Crippen LogP contribution in [0.1, 0.15) is 112 Å². The Bertz CT molecular complexity index is 5510. The zero-order valence-corrected chi connectivity index (χ0v) is 52.7. The predicted molar refractivity (Wildman–Crippen MR) is 354 cm³/mol. The van der Waals surface area contributed by atoms with Gasteiger partial charge in [-0.3, -0.25) is 28.8 Å². The molecule has 0 atom stereocenters. The molecule has 98 heavy (non-hydrogen) atoms. The molecule has 13 aromatic rings. The molecule has 14 heterocycles. The third-order valence-electron chi connectivity index (χ3n) is 17.9. The molecule has 19 heteroatoms. The Morgan fingerprint density at radius 2 is 1.00 bits per heavy atom. The Labute approximate surface area is 561 Å². The third kappa shape index (κ3) is 11.9. The smallest absolute Gasteiger partial charge is 0.416 e. The summed E-state index contributed by atoms with van der Waals surface area (Å²) in [7, 11) is 0. The van der Waals surface area contributed by atoms with Gasteiger partial charge in [-0.15, -0.1) is 11.3 Å². The molecule has 0 fully saturated rings. The Hall–Kier alpha value is -12.7. The van der Waals surface area contributed by atoms with E-state index in [1.807, 2.05) is 114 Å². The van der Waals surface area contributed by atoms with Crippen molar-refractivity contribution in [2.75, 3.05) is 0 Å². The van der Waals surface area contributed by atoms with E-state index in [0.29, 0.717) is 57.7 Å². The second-order valence-electron chi connectivity index (χ2n) is 23.8. The van der Waals surface area contributed by atoms with E-state index in [1.165, 1.54) is 55.3 Å². The van der Waals surface area contributed by atoms with Gasteiger partial charge in [0, 0.05) is 116 Å². The number of alkyl halides is 3. The number of pyridine rings is 6. The molecule has 15 nitrogen and oxygen atoms in total. The number of hydrogen-bond acceptors (Lipinski definition) is 10. The van der Waals surface area contributed by atoms with Crippen LogP contribution >= 0.6 is 11.3 Å². The molecular formula is C79H53F3N8O7S+6. The number of halogens is 3. The number of furan rings is 1. The van der Waals surface area contributed by atoms with Crippen LogP contribution in [0.2, 0.25) is 0 Å². The predicted octanol–water partition coefficient (Wildman–Crippen LogP) is 11.9. The molecule has 0 radical (unpaired) electrons. The molecule has 19 rings (SSSR count). The lowest BCUT2D eigenvalue weighted by atomic mass is 9.99. The number of nitrogens with zero attached hydrogens (tertiary/aromatic N) is 8. The van der Waals surface area contributed by atoms with Crippen LogP contribution in [0.15, 0.2) is 218 Å². The van der Waals surface area contributed by atoms with Crippen LogP contribution in [0.3, 0.4) is 0 Å². The lowest BCUT2D eigenvalue weighted by molar-refractivity contribution is -0.672. The summed E-state index contributed by atoms with van der Waals surface area (Å²) < 4.78 is 56.0. The summed E-state index contributed by atoms with van der Waals surface area (Å²) in [6.45, 7) is 4.70. The molecular weight excluding hydrogens is 1260 g/mol. The number of hydrogen-bond donors (Lipinski definition) is 0. The van der Waals surface area contributed by atoms with Gasteiger partial charge in [-0.2, -0.15) is 51.1 Å². The molecule has 0 saturated heterocycles. The van der Waals surface area contributed by atoms with Crippen LogP contribution in [0.5, 0.6) is 0 Å². The van der Waals surface area contributed by atoms with Crippen LogP contribution in [0, 0.1) is 22.7 Å².